The Hall–Kier alpha value is 0.259. The molecule has 0 saturated heterocycles. The first-order chi connectivity index (χ1) is 6.58. The minimum absolute atomic E-state index is 0.600. The molecule has 2 heteroatoms. The van der Waals surface area contributed by atoms with Crippen molar-refractivity contribution in [1.82, 2.24) is 0 Å². The molecular formula is C12H17Se2. The van der Waals surface area contributed by atoms with Crippen molar-refractivity contribution in [1.29, 1.82) is 0 Å². The van der Waals surface area contributed by atoms with Crippen molar-refractivity contribution in [2.75, 3.05) is 0 Å². The summed E-state index contributed by atoms with van der Waals surface area (Å²) < 4.78 is 2.88. The molecular weight excluding hydrogens is 302 g/mol. The van der Waals surface area contributed by atoms with Crippen LogP contribution in [0.25, 0.3) is 0 Å². The summed E-state index contributed by atoms with van der Waals surface area (Å²) in [4.78, 5) is 1.58. The number of hydrogen-bond donors (Lipinski definition) is 0. The standard InChI is InChI=1S/C12H17Se2/c1-9(2)13-11-6-5-7-12(8-11)14-10(3)4/h5-7,9-10H,1-4H3. The van der Waals surface area contributed by atoms with Gasteiger partial charge >= 0.3 is 100 Å². The monoisotopic (exact) mass is 321 g/mol. The van der Waals surface area contributed by atoms with E-state index in [0.29, 0.717) is 29.9 Å². The zero-order chi connectivity index (χ0) is 10.6. The molecule has 0 aliphatic carbocycles. The van der Waals surface area contributed by atoms with Crippen molar-refractivity contribution < 1.29 is 0 Å². The van der Waals surface area contributed by atoms with Crippen molar-refractivity contribution in [3.05, 3.63) is 24.3 Å². The van der Waals surface area contributed by atoms with Gasteiger partial charge in [-0.05, 0) is 0 Å². The van der Waals surface area contributed by atoms with E-state index in [-0.39, 0.29) is 0 Å². The third kappa shape index (κ3) is 4.66. The number of rotatable bonds is 4. The fraction of sp³-hybridized carbons (Fsp3) is 0.500. The van der Waals surface area contributed by atoms with Gasteiger partial charge in [0.15, 0.2) is 0 Å². The van der Waals surface area contributed by atoms with E-state index >= 15 is 0 Å². The van der Waals surface area contributed by atoms with E-state index in [2.05, 4.69) is 52.0 Å². The zero-order valence-corrected chi connectivity index (χ0v) is 12.6. The Balaban J connectivity index is 2.68. The molecule has 0 atom stereocenters. The summed E-state index contributed by atoms with van der Waals surface area (Å²) in [5.41, 5.74) is 0. The summed E-state index contributed by atoms with van der Waals surface area (Å²) in [7, 11) is 0. The molecule has 0 aliphatic rings. The van der Waals surface area contributed by atoms with E-state index in [1.54, 1.807) is 0 Å². The minimum atomic E-state index is 0.600. The average Bonchev–Trinajstić information content (AvgIpc) is 2.01. The van der Waals surface area contributed by atoms with Gasteiger partial charge in [-0.3, -0.25) is 0 Å². The molecule has 1 aromatic carbocycles. The van der Waals surface area contributed by atoms with Gasteiger partial charge in [0, 0.05) is 0 Å². The third-order valence-corrected chi connectivity index (χ3v) is 5.51. The maximum absolute atomic E-state index is 3.56. The number of benzene rings is 1. The first-order valence-electron chi connectivity index (χ1n) is 4.93. The van der Waals surface area contributed by atoms with Crippen molar-refractivity contribution in [3.63, 3.8) is 0 Å². The van der Waals surface area contributed by atoms with Crippen molar-refractivity contribution in [2.45, 2.75) is 37.3 Å². The fourth-order valence-electron chi connectivity index (χ4n) is 1.07. The SMILES string of the molecule is CC(C)[Se]c1[c]c([Se]C(C)C)ccc1. The van der Waals surface area contributed by atoms with Gasteiger partial charge in [-0.25, -0.2) is 0 Å². The average molecular weight is 319 g/mol. The Labute approximate surface area is 100 Å². The van der Waals surface area contributed by atoms with E-state index in [1.165, 1.54) is 8.92 Å². The molecule has 0 N–H and O–H groups in total. The van der Waals surface area contributed by atoms with Crippen LogP contribution in [0.5, 0.6) is 0 Å². The quantitative estimate of drug-likeness (QED) is 0.743. The summed E-state index contributed by atoms with van der Waals surface area (Å²) in [5, 5.41) is 0. The van der Waals surface area contributed by atoms with Gasteiger partial charge in [-0.15, -0.1) is 0 Å². The summed E-state index contributed by atoms with van der Waals surface area (Å²) in [6, 6.07) is 10.2. The molecule has 0 spiro atoms. The Morgan fingerprint density at radius 1 is 0.929 bits per heavy atom. The summed E-state index contributed by atoms with van der Waals surface area (Å²) in [6.45, 7) is 9.14. The van der Waals surface area contributed by atoms with Gasteiger partial charge in [0.2, 0.25) is 0 Å². The molecule has 0 bridgehead atoms. The second-order valence-electron chi connectivity index (χ2n) is 3.71. The van der Waals surface area contributed by atoms with Gasteiger partial charge in [-0.2, -0.15) is 0 Å². The molecule has 0 saturated carbocycles. The van der Waals surface area contributed by atoms with Crippen LogP contribution >= 0.6 is 0 Å². The topological polar surface area (TPSA) is 0 Å². The van der Waals surface area contributed by atoms with E-state index in [9.17, 15) is 0 Å². The van der Waals surface area contributed by atoms with Gasteiger partial charge in [0.25, 0.3) is 0 Å². The molecule has 1 radical (unpaired) electrons. The molecule has 0 aliphatic heterocycles. The van der Waals surface area contributed by atoms with Gasteiger partial charge < -0.3 is 0 Å². The molecule has 0 aromatic heterocycles. The summed E-state index contributed by atoms with van der Waals surface area (Å²) in [6.07, 6.45) is 0. The van der Waals surface area contributed by atoms with Crippen molar-refractivity contribution in [3.8, 4) is 0 Å². The molecule has 1 aromatic rings. The third-order valence-electron chi connectivity index (χ3n) is 1.47. The van der Waals surface area contributed by atoms with Crippen molar-refractivity contribution >= 4 is 38.8 Å². The number of hydrogen-bond acceptors (Lipinski definition) is 0. The Bertz CT molecular complexity index is 254. The van der Waals surface area contributed by atoms with Crippen LogP contribution in [-0.4, -0.2) is 29.9 Å². The first-order valence-corrected chi connectivity index (χ1v) is 8.62. The second kappa shape index (κ2) is 5.98. The van der Waals surface area contributed by atoms with Gasteiger partial charge in [0.1, 0.15) is 0 Å². The van der Waals surface area contributed by atoms with Crippen LogP contribution in [0.15, 0.2) is 18.2 Å². The predicted octanol–water partition coefficient (Wildman–Crippen LogP) is 1.80. The summed E-state index contributed by atoms with van der Waals surface area (Å²) >= 11 is 1.20. The van der Waals surface area contributed by atoms with Crippen LogP contribution in [0.1, 0.15) is 27.7 Å². The van der Waals surface area contributed by atoms with Gasteiger partial charge in [-0.1, -0.05) is 0 Å². The second-order valence-corrected chi connectivity index (χ2v) is 10.5. The van der Waals surface area contributed by atoms with Crippen LogP contribution in [0.4, 0.5) is 0 Å². The molecule has 0 unspecified atom stereocenters. The van der Waals surface area contributed by atoms with Gasteiger partial charge in [0.05, 0.1) is 0 Å². The van der Waals surface area contributed by atoms with E-state index in [4.69, 9.17) is 0 Å². The Morgan fingerprint density at radius 3 is 1.71 bits per heavy atom. The molecule has 0 heterocycles. The molecule has 0 fully saturated rings. The van der Waals surface area contributed by atoms with Crippen LogP contribution in [0.2, 0.25) is 9.63 Å². The zero-order valence-electron chi connectivity index (χ0n) is 9.20. The maximum atomic E-state index is 3.56. The van der Waals surface area contributed by atoms with Crippen LogP contribution in [0, 0.1) is 6.07 Å². The van der Waals surface area contributed by atoms with E-state index in [1.807, 2.05) is 0 Å². The molecule has 14 heavy (non-hydrogen) atoms. The van der Waals surface area contributed by atoms with Crippen LogP contribution in [0.3, 0.4) is 0 Å². The van der Waals surface area contributed by atoms with Crippen LogP contribution in [-0.2, 0) is 0 Å². The first kappa shape index (κ1) is 12.3. The Kier molecular flexibility index (Phi) is 5.26. The predicted molar refractivity (Wildman–Crippen MR) is 66.3 cm³/mol. The van der Waals surface area contributed by atoms with E-state index in [0.717, 1.165) is 9.63 Å². The normalized spacial score (nSPS) is 11.3. The van der Waals surface area contributed by atoms with Crippen LogP contribution < -0.4 is 8.92 Å². The molecule has 77 valence electrons. The van der Waals surface area contributed by atoms with E-state index < -0.39 is 0 Å². The molecule has 0 amide bonds. The molecule has 1 rings (SSSR count). The molecule has 0 nitrogen and oxygen atoms in total. The Morgan fingerprint density at radius 2 is 1.36 bits per heavy atom. The fourth-order valence-corrected chi connectivity index (χ4v) is 4.90. The summed E-state index contributed by atoms with van der Waals surface area (Å²) in [5.74, 6) is 0. The van der Waals surface area contributed by atoms with Crippen molar-refractivity contribution in [2.24, 2.45) is 0 Å².